The molecule has 1 heterocycles. The maximum Gasteiger partial charge on any atom is 0.244 e. The number of hydrogen-bond donors (Lipinski definition) is 1. The van der Waals surface area contributed by atoms with E-state index in [1.54, 1.807) is 12.1 Å². The molecule has 2 atom stereocenters. The Balaban J connectivity index is 1.46. The second-order valence-electron chi connectivity index (χ2n) is 9.15. The molecule has 2 fully saturated rings. The summed E-state index contributed by atoms with van der Waals surface area (Å²) in [6.07, 6.45) is 1.49. The molecule has 1 aliphatic carbocycles. The number of morpholine rings is 1. The fraction of sp³-hybridized carbons (Fsp3) is 0.276. The van der Waals surface area contributed by atoms with Crippen molar-refractivity contribution in [2.24, 2.45) is 16.9 Å². The number of hydrazone groups is 1. The Morgan fingerprint density at radius 3 is 1.94 bits per heavy atom. The first-order chi connectivity index (χ1) is 17.6. The molecular weight excluding hydrogens is 457 g/mol. The van der Waals surface area contributed by atoms with E-state index in [2.05, 4.69) is 10.5 Å². The largest absolute Gasteiger partial charge is 0.378 e. The lowest BCUT2D eigenvalue weighted by Crippen LogP contribution is -2.57. The molecule has 184 valence electrons. The third-order valence-corrected chi connectivity index (χ3v) is 7.09. The number of nitrogens with zero attached hydrogens (tertiary/aromatic N) is 2. The summed E-state index contributed by atoms with van der Waals surface area (Å²) in [6.45, 7) is 2.15. The second-order valence-corrected chi connectivity index (χ2v) is 9.15. The third kappa shape index (κ3) is 4.93. The zero-order chi connectivity index (χ0) is 24.9. The molecule has 0 aromatic heterocycles. The molecule has 0 radical (unpaired) electrons. The van der Waals surface area contributed by atoms with Gasteiger partial charge >= 0.3 is 0 Å². The first-order valence-corrected chi connectivity index (χ1v) is 12.2. The van der Waals surface area contributed by atoms with Crippen LogP contribution in [0.1, 0.15) is 28.5 Å². The van der Waals surface area contributed by atoms with Crippen LogP contribution in [0.3, 0.4) is 0 Å². The number of hydrogen-bond acceptors (Lipinski definition) is 4. The molecule has 1 saturated heterocycles. The Morgan fingerprint density at radius 1 is 0.833 bits per heavy atom. The molecule has 6 nitrogen and oxygen atoms in total. The Hall–Kier alpha value is -3.84. The van der Waals surface area contributed by atoms with Crippen molar-refractivity contribution in [1.82, 2.24) is 10.3 Å². The smallest absolute Gasteiger partial charge is 0.244 e. The van der Waals surface area contributed by atoms with Crippen molar-refractivity contribution >= 4 is 18.0 Å². The maximum absolute atomic E-state index is 13.8. The highest BCUT2D eigenvalue weighted by atomic mass is 19.1. The molecule has 3 aromatic carbocycles. The summed E-state index contributed by atoms with van der Waals surface area (Å²) in [5.41, 5.74) is 5.26. The highest BCUT2D eigenvalue weighted by molar-refractivity contribution is 5.91. The molecule has 0 spiro atoms. The lowest BCUT2D eigenvalue weighted by atomic mass is 9.51. The topological polar surface area (TPSA) is 71.0 Å². The second kappa shape index (κ2) is 10.8. The van der Waals surface area contributed by atoms with Gasteiger partial charge in [0.2, 0.25) is 11.8 Å². The lowest BCUT2D eigenvalue weighted by Gasteiger charge is -2.52. The van der Waals surface area contributed by atoms with Crippen molar-refractivity contribution in [2.45, 2.75) is 11.8 Å². The van der Waals surface area contributed by atoms with Gasteiger partial charge in [0.05, 0.1) is 31.3 Å². The number of carbonyl (C=O) groups is 2. The molecule has 1 N–H and O–H groups in total. The lowest BCUT2D eigenvalue weighted by molar-refractivity contribution is -0.151. The summed E-state index contributed by atoms with van der Waals surface area (Å²) in [5, 5.41) is 4.13. The van der Waals surface area contributed by atoms with Crippen molar-refractivity contribution < 1.29 is 18.7 Å². The molecule has 2 unspecified atom stereocenters. The van der Waals surface area contributed by atoms with Gasteiger partial charge in [-0.1, -0.05) is 72.8 Å². The van der Waals surface area contributed by atoms with Crippen molar-refractivity contribution in [3.63, 3.8) is 0 Å². The van der Waals surface area contributed by atoms with Crippen LogP contribution in [-0.4, -0.2) is 49.2 Å². The van der Waals surface area contributed by atoms with Crippen molar-refractivity contribution in [3.8, 4) is 0 Å². The van der Waals surface area contributed by atoms with Crippen LogP contribution in [0.25, 0.3) is 0 Å². The van der Waals surface area contributed by atoms with E-state index in [0.29, 0.717) is 31.9 Å². The Morgan fingerprint density at radius 2 is 1.39 bits per heavy atom. The van der Waals surface area contributed by atoms with E-state index < -0.39 is 5.92 Å². The SMILES string of the molecule is O=C(NN=Cc1ccc(F)cc1)C1C(c2ccccc2)C(C(=O)N2CCOCC2)C1c1ccccc1. The third-order valence-electron chi connectivity index (χ3n) is 7.09. The van der Waals surface area contributed by atoms with Gasteiger partial charge in [0.1, 0.15) is 5.82 Å². The molecule has 0 bridgehead atoms. The van der Waals surface area contributed by atoms with Gasteiger partial charge in [-0.2, -0.15) is 5.10 Å². The minimum atomic E-state index is -0.477. The van der Waals surface area contributed by atoms with Gasteiger partial charge in [-0.05, 0) is 28.8 Å². The number of amides is 2. The Labute approximate surface area is 209 Å². The summed E-state index contributed by atoms with van der Waals surface area (Å²) in [6, 6.07) is 25.4. The fourth-order valence-electron chi connectivity index (χ4n) is 5.35. The average Bonchev–Trinajstić information content (AvgIpc) is 2.91. The van der Waals surface area contributed by atoms with Crippen LogP contribution in [0.4, 0.5) is 4.39 Å². The van der Waals surface area contributed by atoms with Gasteiger partial charge in [0, 0.05) is 24.9 Å². The van der Waals surface area contributed by atoms with Crippen LogP contribution in [0.15, 0.2) is 90.0 Å². The standard InChI is InChI=1S/C29H28FN3O3/c30-23-13-11-20(12-14-23)19-31-32-28(34)26-24(21-7-3-1-4-8-21)27(25(26)22-9-5-2-6-10-22)29(35)33-15-17-36-18-16-33/h1-14,19,24-27H,15-18H2,(H,32,34). The molecule has 36 heavy (non-hydrogen) atoms. The van der Waals surface area contributed by atoms with E-state index in [-0.39, 0.29) is 35.4 Å². The number of ether oxygens (including phenoxy) is 1. The number of nitrogens with one attached hydrogen (secondary N) is 1. The van der Waals surface area contributed by atoms with Gasteiger partial charge in [0.25, 0.3) is 0 Å². The summed E-state index contributed by atoms with van der Waals surface area (Å²) in [4.78, 5) is 29.2. The van der Waals surface area contributed by atoms with Gasteiger partial charge in [-0.3, -0.25) is 9.59 Å². The van der Waals surface area contributed by atoms with Gasteiger partial charge in [-0.25, -0.2) is 9.82 Å². The molecular formula is C29H28FN3O3. The van der Waals surface area contributed by atoms with E-state index in [9.17, 15) is 14.0 Å². The fourth-order valence-corrected chi connectivity index (χ4v) is 5.35. The van der Waals surface area contributed by atoms with Crippen molar-refractivity contribution in [2.75, 3.05) is 26.3 Å². The zero-order valence-electron chi connectivity index (χ0n) is 19.8. The predicted octanol–water partition coefficient (Wildman–Crippen LogP) is 3.95. The normalized spacial score (nSPS) is 23.8. The molecule has 1 saturated carbocycles. The quantitative estimate of drug-likeness (QED) is 0.425. The van der Waals surface area contributed by atoms with Crippen molar-refractivity contribution in [1.29, 1.82) is 0 Å². The minimum absolute atomic E-state index is 0.0554. The first kappa shape index (κ1) is 23.9. The monoisotopic (exact) mass is 485 g/mol. The van der Waals surface area contributed by atoms with Crippen molar-refractivity contribution in [3.05, 3.63) is 107 Å². The molecule has 2 amide bonds. The molecule has 5 rings (SSSR count). The maximum atomic E-state index is 13.8. The Bertz CT molecular complexity index is 1160. The summed E-state index contributed by atoms with van der Waals surface area (Å²) >= 11 is 0. The average molecular weight is 486 g/mol. The molecule has 3 aromatic rings. The van der Waals surface area contributed by atoms with E-state index >= 15 is 0 Å². The number of rotatable bonds is 6. The van der Waals surface area contributed by atoms with Crippen LogP contribution in [-0.2, 0) is 14.3 Å². The zero-order valence-corrected chi connectivity index (χ0v) is 19.8. The minimum Gasteiger partial charge on any atom is -0.378 e. The van der Waals surface area contributed by atoms with Gasteiger partial charge < -0.3 is 9.64 Å². The highest BCUT2D eigenvalue weighted by Gasteiger charge is 2.58. The van der Waals surface area contributed by atoms with E-state index in [4.69, 9.17) is 4.74 Å². The van der Waals surface area contributed by atoms with Crippen LogP contribution in [0.5, 0.6) is 0 Å². The van der Waals surface area contributed by atoms with Crippen LogP contribution >= 0.6 is 0 Å². The van der Waals surface area contributed by atoms with E-state index in [0.717, 1.165) is 11.1 Å². The van der Waals surface area contributed by atoms with Gasteiger partial charge in [-0.15, -0.1) is 0 Å². The van der Waals surface area contributed by atoms with E-state index in [1.807, 2.05) is 65.6 Å². The van der Waals surface area contributed by atoms with Crippen LogP contribution < -0.4 is 5.43 Å². The number of halogens is 1. The summed E-state index contributed by atoms with van der Waals surface area (Å²) in [5.74, 6) is -1.94. The van der Waals surface area contributed by atoms with E-state index in [1.165, 1.54) is 18.3 Å². The molecule has 2 aliphatic rings. The predicted molar refractivity (Wildman–Crippen MR) is 135 cm³/mol. The van der Waals surface area contributed by atoms with Gasteiger partial charge in [0.15, 0.2) is 0 Å². The van der Waals surface area contributed by atoms with Crippen LogP contribution in [0, 0.1) is 17.7 Å². The first-order valence-electron chi connectivity index (χ1n) is 12.2. The highest BCUT2D eigenvalue weighted by Crippen LogP contribution is 2.58. The molecule has 1 aliphatic heterocycles. The number of carbonyl (C=O) groups excluding carboxylic acids is 2. The van der Waals surface area contributed by atoms with Crippen LogP contribution in [0.2, 0.25) is 0 Å². The molecule has 7 heteroatoms. The summed E-state index contributed by atoms with van der Waals surface area (Å²) < 4.78 is 18.6. The summed E-state index contributed by atoms with van der Waals surface area (Å²) in [7, 11) is 0. The number of benzene rings is 3. The Kier molecular flexibility index (Phi) is 7.18.